The van der Waals surface area contributed by atoms with E-state index in [1.807, 2.05) is 11.8 Å². The van der Waals surface area contributed by atoms with E-state index in [9.17, 15) is 9.59 Å². The topological polar surface area (TPSA) is 83.6 Å². The summed E-state index contributed by atoms with van der Waals surface area (Å²) in [7, 11) is 0. The molecule has 0 spiro atoms. The van der Waals surface area contributed by atoms with Crippen molar-refractivity contribution < 1.29 is 14.7 Å². The van der Waals surface area contributed by atoms with Crippen molar-refractivity contribution in [2.75, 3.05) is 13.1 Å². The fourth-order valence-electron chi connectivity index (χ4n) is 2.33. The zero-order chi connectivity index (χ0) is 12.8. The van der Waals surface area contributed by atoms with Crippen LogP contribution in [0.15, 0.2) is 0 Å². The van der Waals surface area contributed by atoms with Gasteiger partial charge >= 0.3 is 5.97 Å². The Bertz CT molecular complexity index is 281. The number of carboxylic acid groups (broad SMARTS) is 1. The minimum atomic E-state index is -0.743. The summed E-state index contributed by atoms with van der Waals surface area (Å²) in [6.45, 7) is 3.11. The maximum Gasteiger partial charge on any atom is 0.306 e. The van der Waals surface area contributed by atoms with E-state index in [0.29, 0.717) is 32.4 Å². The first kappa shape index (κ1) is 14.0. The molecule has 0 radical (unpaired) electrons. The Balaban J connectivity index is 2.40. The number of carbonyl (C=O) groups excluding carboxylic acids is 1. The highest BCUT2D eigenvalue weighted by Gasteiger charge is 2.31. The van der Waals surface area contributed by atoms with Crippen LogP contribution >= 0.6 is 0 Å². The molecule has 3 N–H and O–H groups in total. The normalized spacial score (nSPS) is 24.7. The number of piperidine rings is 1. The molecular weight excluding hydrogens is 220 g/mol. The number of nitrogens with zero attached hydrogens (tertiary/aromatic N) is 1. The van der Waals surface area contributed by atoms with Crippen molar-refractivity contribution in [3.8, 4) is 0 Å². The summed E-state index contributed by atoms with van der Waals surface area (Å²) in [5.74, 6) is -0.903. The summed E-state index contributed by atoms with van der Waals surface area (Å²) in [5.41, 5.74) is 5.38. The van der Waals surface area contributed by atoms with Crippen molar-refractivity contribution >= 4 is 11.9 Å². The lowest BCUT2D eigenvalue weighted by Crippen LogP contribution is -2.46. The Hall–Kier alpha value is -1.10. The smallest absolute Gasteiger partial charge is 0.306 e. The summed E-state index contributed by atoms with van der Waals surface area (Å²) in [6, 6.07) is 0.0372. The summed E-state index contributed by atoms with van der Waals surface area (Å²) < 4.78 is 0. The van der Waals surface area contributed by atoms with E-state index in [1.54, 1.807) is 0 Å². The maximum absolute atomic E-state index is 11.9. The third kappa shape index (κ3) is 4.00. The van der Waals surface area contributed by atoms with E-state index in [2.05, 4.69) is 0 Å². The Morgan fingerprint density at radius 2 is 2.12 bits per heavy atom. The third-order valence-corrected chi connectivity index (χ3v) is 3.39. The van der Waals surface area contributed by atoms with Crippen molar-refractivity contribution in [1.29, 1.82) is 0 Å². The maximum atomic E-state index is 11.9. The molecule has 0 bridgehead atoms. The van der Waals surface area contributed by atoms with E-state index in [1.165, 1.54) is 0 Å². The van der Waals surface area contributed by atoms with Crippen molar-refractivity contribution in [3.05, 3.63) is 0 Å². The number of unbranched alkanes of at least 4 members (excludes halogenated alkanes) is 1. The Morgan fingerprint density at radius 1 is 1.41 bits per heavy atom. The van der Waals surface area contributed by atoms with Gasteiger partial charge in [-0.2, -0.15) is 0 Å². The molecule has 0 aromatic carbocycles. The molecule has 0 saturated carbocycles. The number of hydrogen-bond donors (Lipinski definition) is 2. The number of amides is 1. The fraction of sp³-hybridized carbons (Fsp3) is 0.833. The number of likely N-dealkylation sites (tertiary alicyclic amines) is 1. The highest BCUT2D eigenvalue weighted by atomic mass is 16.4. The number of carboxylic acids is 1. The molecule has 5 nitrogen and oxygen atoms in total. The first-order valence-electron chi connectivity index (χ1n) is 6.28. The molecule has 98 valence electrons. The second-order valence-electron chi connectivity index (χ2n) is 4.74. The fourth-order valence-corrected chi connectivity index (χ4v) is 2.33. The third-order valence-electron chi connectivity index (χ3n) is 3.39. The average Bonchev–Trinajstić information content (AvgIpc) is 2.28. The zero-order valence-corrected chi connectivity index (χ0v) is 10.4. The van der Waals surface area contributed by atoms with E-state index in [0.717, 1.165) is 12.8 Å². The number of rotatable bonds is 5. The second-order valence-corrected chi connectivity index (χ2v) is 4.74. The van der Waals surface area contributed by atoms with Gasteiger partial charge in [0.1, 0.15) is 0 Å². The van der Waals surface area contributed by atoms with Crippen molar-refractivity contribution in [2.45, 2.75) is 45.1 Å². The molecule has 1 rings (SSSR count). The molecule has 1 aliphatic rings. The van der Waals surface area contributed by atoms with Gasteiger partial charge in [-0.05, 0) is 39.2 Å². The molecule has 1 heterocycles. The molecule has 0 aliphatic carbocycles. The first-order chi connectivity index (χ1) is 8.06. The average molecular weight is 242 g/mol. The summed E-state index contributed by atoms with van der Waals surface area (Å²) in [6.07, 6.45) is 3.35. The van der Waals surface area contributed by atoms with Crippen LogP contribution in [0.25, 0.3) is 0 Å². The minimum Gasteiger partial charge on any atom is -0.481 e. The van der Waals surface area contributed by atoms with E-state index >= 15 is 0 Å². The molecule has 17 heavy (non-hydrogen) atoms. The highest BCUT2D eigenvalue weighted by Crippen LogP contribution is 2.23. The summed E-state index contributed by atoms with van der Waals surface area (Å²) in [4.78, 5) is 24.6. The van der Waals surface area contributed by atoms with Crippen LogP contribution in [-0.4, -0.2) is 41.0 Å². The van der Waals surface area contributed by atoms with Crippen LogP contribution in [0.4, 0.5) is 0 Å². The van der Waals surface area contributed by atoms with Crippen molar-refractivity contribution in [2.24, 2.45) is 11.7 Å². The number of nitrogens with two attached hydrogens (primary N) is 1. The van der Waals surface area contributed by atoms with Gasteiger partial charge in [-0.15, -0.1) is 0 Å². The molecule has 0 aromatic rings. The number of aliphatic carboxylic acids is 1. The number of carbonyl (C=O) groups is 2. The van der Waals surface area contributed by atoms with Gasteiger partial charge in [0, 0.05) is 19.0 Å². The van der Waals surface area contributed by atoms with Gasteiger partial charge in [-0.1, -0.05) is 0 Å². The number of hydrogen-bond acceptors (Lipinski definition) is 3. The molecule has 5 heteroatoms. The van der Waals surface area contributed by atoms with Gasteiger partial charge in [-0.25, -0.2) is 0 Å². The van der Waals surface area contributed by atoms with Gasteiger partial charge < -0.3 is 15.7 Å². The van der Waals surface area contributed by atoms with Gasteiger partial charge in [0.2, 0.25) is 5.91 Å². The van der Waals surface area contributed by atoms with Gasteiger partial charge in [0.15, 0.2) is 0 Å². The Morgan fingerprint density at radius 3 is 2.65 bits per heavy atom. The lowest BCUT2D eigenvalue weighted by molar-refractivity contribution is -0.147. The van der Waals surface area contributed by atoms with Crippen LogP contribution < -0.4 is 5.73 Å². The molecule has 2 unspecified atom stereocenters. The molecular formula is C12H22N2O3. The summed E-state index contributed by atoms with van der Waals surface area (Å²) >= 11 is 0. The molecule has 1 aliphatic heterocycles. The minimum absolute atomic E-state index is 0.0372. The highest BCUT2D eigenvalue weighted by molar-refractivity contribution is 5.77. The van der Waals surface area contributed by atoms with Crippen LogP contribution in [0.2, 0.25) is 0 Å². The lowest BCUT2D eigenvalue weighted by Gasteiger charge is -2.36. The van der Waals surface area contributed by atoms with Gasteiger partial charge in [-0.3, -0.25) is 9.59 Å². The molecule has 1 amide bonds. The van der Waals surface area contributed by atoms with Crippen molar-refractivity contribution in [1.82, 2.24) is 4.90 Å². The summed E-state index contributed by atoms with van der Waals surface area (Å²) in [5, 5.41) is 8.94. The quantitative estimate of drug-likeness (QED) is 0.699. The standard InChI is InChI=1S/C12H22N2O3/c1-9-8-10(12(16)17)5-7-14(9)11(15)4-2-3-6-13/h9-10H,2-8,13H2,1H3,(H,16,17). The Kier molecular flexibility index (Phi) is 5.41. The largest absolute Gasteiger partial charge is 0.481 e. The van der Waals surface area contributed by atoms with Crippen LogP contribution in [0.1, 0.15) is 39.0 Å². The molecule has 0 aromatic heterocycles. The Labute approximate surface area is 102 Å². The predicted molar refractivity (Wildman–Crippen MR) is 64.4 cm³/mol. The van der Waals surface area contributed by atoms with Crippen LogP contribution in [-0.2, 0) is 9.59 Å². The lowest BCUT2D eigenvalue weighted by atomic mass is 9.91. The zero-order valence-electron chi connectivity index (χ0n) is 10.4. The van der Waals surface area contributed by atoms with Crippen LogP contribution in [0.3, 0.4) is 0 Å². The van der Waals surface area contributed by atoms with Crippen LogP contribution in [0.5, 0.6) is 0 Å². The molecule has 1 fully saturated rings. The monoisotopic (exact) mass is 242 g/mol. The molecule has 2 atom stereocenters. The van der Waals surface area contributed by atoms with E-state index in [-0.39, 0.29) is 17.9 Å². The van der Waals surface area contributed by atoms with Gasteiger partial charge in [0.25, 0.3) is 0 Å². The SMILES string of the molecule is CC1CC(C(=O)O)CCN1C(=O)CCCCN. The molecule has 1 saturated heterocycles. The van der Waals surface area contributed by atoms with E-state index in [4.69, 9.17) is 10.8 Å². The second kappa shape index (κ2) is 6.59. The van der Waals surface area contributed by atoms with Crippen molar-refractivity contribution in [3.63, 3.8) is 0 Å². The van der Waals surface area contributed by atoms with Gasteiger partial charge in [0.05, 0.1) is 5.92 Å². The van der Waals surface area contributed by atoms with E-state index < -0.39 is 5.97 Å². The first-order valence-corrected chi connectivity index (χ1v) is 6.28. The predicted octanol–water partition coefficient (Wildman–Crippen LogP) is 0.827. The van der Waals surface area contributed by atoms with Crippen LogP contribution in [0, 0.1) is 5.92 Å².